The molecule has 1 atom stereocenters. The number of amides is 2. The molecule has 0 aliphatic carbocycles. The van der Waals surface area contributed by atoms with Gasteiger partial charge in [0.05, 0.1) is 5.92 Å². The number of carbonyl (C=O) groups excluding carboxylic acids is 1. The number of aryl methyl sites for hydroxylation is 1. The van der Waals surface area contributed by atoms with Gasteiger partial charge in [0.1, 0.15) is 4.90 Å². The number of aromatic nitrogens is 2. The second kappa shape index (κ2) is 5.81. The minimum absolute atomic E-state index is 0.0126. The summed E-state index contributed by atoms with van der Waals surface area (Å²) in [5, 5.41) is 6.13. The average molecular weight is 412 g/mol. The van der Waals surface area contributed by atoms with Gasteiger partial charge in [0.2, 0.25) is 5.89 Å². The largest absolute Gasteiger partial charge is 0.339 e. The van der Waals surface area contributed by atoms with Crippen molar-refractivity contribution in [3.63, 3.8) is 0 Å². The van der Waals surface area contributed by atoms with Crippen molar-refractivity contribution in [1.82, 2.24) is 15.0 Å². The van der Waals surface area contributed by atoms with Crippen molar-refractivity contribution < 1.29 is 28.7 Å². The first-order valence-electron chi connectivity index (χ1n) is 8.02. The summed E-state index contributed by atoms with van der Waals surface area (Å²) in [6.45, 7) is 2.42. The van der Waals surface area contributed by atoms with Crippen LogP contribution in [0.1, 0.15) is 30.5 Å². The molecule has 1 aromatic heterocycles. The molecular weight excluding hydrogens is 395 g/mol. The van der Waals surface area contributed by atoms with Crippen molar-refractivity contribution in [2.24, 2.45) is 0 Å². The molecule has 1 fully saturated rings. The highest BCUT2D eigenvalue weighted by Gasteiger charge is 2.65. The molecule has 0 bridgehead atoms. The van der Waals surface area contributed by atoms with Gasteiger partial charge in [-0.3, -0.25) is 0 Å². The number of likely N-dealkylation sites (tertiary alicyclic amines) is 1. The Labute approximate surface area is 151 Å². The summed E-state index contributed by atoms with van der Waals surface area (Å²) in [7, 11) is -9.73. The summed E-state index contributed by atoms with van der Waals surface area (Å²) in [5.41, 5.74) is -0.0126. The third-order valence-electron chi connectivity index (χ3n) is 4.15. The summed E-state index contributed by atoms with van der Waals surface area (Å²) < 4.78 is 68.7. The average Bonchev–Trinajstić information content (AvgIpc) is 3.00. The molecular formula is C15H17F5N4O2S. The van der Waals surface area contributed by atoms with Crippen LogP contribution in [0.3, 0.4) is 0 Å². The van der Waals surface area contributed by atoms with E-state index < -0.39 is 21.2 Å². The van der Waals surface area contributed by atoms with Crippen molar-refractivity contribution in [2.75, 3.05) is 18.4 Å². The molecule has 0 radical (unpaired) electrons. The fourth-order valence-electron chi connectivity index (χ4n) is 2.84. The van der Waals surface area contributed by atoms with Gasteiger partial charge in [-0.05, 0) is 44.0 Å². The van der Waals surface area contributed by atoms with E-state index in [1.807, 2.05) is 0 Å². The third kappa shape index (κ3) is 4.67. The fourth-order valence-corrected chi connectivity index (χ4v) is 3.49. The van der Waals surface area contributed by atoms with Crippen LogP contribution >= 0.6 is 10.2 Å². The van der Waals surface area contributed by atoms with E-state index in [0.717, 1.165) is 18.6 Å². The molecule has 27 heavy (non-hydrogen) atoms. The maximum Gasteiger partial charge on any atom is 0.321 e. The van der Waals surface area contributed by atoms with E-state index >= 15 is 0 Å². The van der Waals surface area contributed by atoms with E-state index in [2.05, 4.69) is 15.5 Å². The fraction of sp³-hybridized carbons (Fsp3) is 0.400. The van der Waals surface area contributed by atoms with Gasteiger partial charge < -0.3 is 14.7 Å². The summed E-state index contributed by atoms with van der Waals surface area (Å²) in [6, 6.07) is 1.58. The first-order chi connectivity index (χ1) is 12.3. The molecule has 3 rings (SSSR count). The molecule has 0 spiro atoms. The molecule has 2 amide bonds. The molecule has 1 aliphatic heterocycles. The van der Waals surface area contributed by atoms with Gasteiger partial charge in [0.25, 0.3) is 0 Å². The van der Waals surface area contributed by atoms with Crippen LogP contribution in [0.2, 0.25) is 0 Å². The van der Waals surface area contributed by atoms with Crippen molar-refractivity contribution in [1.29, 1.82) is 0 Å². The van der Waals surface area contributed by atoms with Gasteiger partial charge in [-0.2, -0.15) is 4.98 Å². The van der Waals surface area contributed by atoms with Crippen LogP contribution in [0.5, 0.6) is 0 Å². The molecule has 1 aromatic carbocycles. The Morgan fingerprint density at radius 3 is 2.44 bits per heavy atom. The molecule has 1 aliphatic rings. The van der Waals surface area contributed by atoms with Gasteiger partial charge in [-0.25, -0.2) is 4.79 Å². The molecule has 1 saturated heterocycles. The second-order valence-corrected chi connectivity index (χ2v) is 8.80. The minimum Gasteiger partial charge on any atom is -0.339 e. The number of hydrogen-bond acceptors (Lipinski definition) is 4. The number of nitrogens with one attached hydrogen (secondary N) is 1. The summed E-state index contributed by atoms with van der Waals surface area (Å²) in [6.07, 6.45) is 1.44. The van der Waals surface area contributed by atoms with E-state index in [-0.39, 0.29) is 23.7 Å². The van der Waals surface area contributed by atoms with Crippen molar-refractivity contribution in [3.05, 3.63) is 36.0 Å². The Balaban J connectivity index is 1.67. The summed E-state index contributed by atoms with van der Waals surface area (Å²) >= 11 is 0. The smallest absolute Gasteiger partial charge is 0.321 e. The van der Waals surface area contributed by atoms with E-state index in [4.69, 9.17) is 4.52 Å². The standard InChI is InChI=1S/C15H17F5N4O2S/c1-10-21-14(26-23-10)11-3-2-8-24(9-11)15(25)22-12-4-6-13(7-5-12)27(16,17,18,19)20/h4-7,11H,2-3,8-9H2,1H3,(H,22,25)/t11-/m1/s1. The molecule has 2 heterocycles. The highest BCUT2D eigenvalue weighted by Crippen LogP contribution is 3.02. The Morgan fingerprint density at radius 2 is 1.89 bits per heavy atom. The number of nitrogens with zero attached hydrogens (tertiary/aromatic N) is 3. The van der Waals surface area contributed by atoms with Crippen LogP contribution in [-0.4, -0.2) is 34.2 Å². The lowest BCUT2D eigenvalue weighted by Gasteiger charge is -2.40. The van der Waals surface area contributed by atoms with Crippen LogP contribution in [0.15, 0.2) is 33.7 Å². The lowest BCUT2D eigenvalue weighted by Crippen LogP contribution is -2.41. The van der Waals surface area contributed by atoms with Crippen LogP contribution in [0.25, 0.3) is 0 Å². The lowest BCUT2D eigenvalue weighted by molar-refractivity contribution is 0.184. The van der Waals surface area contributed by atoms with Crippen molar-refractivity contribution in [2.45, 2.75) is 30.6 Å². The number of urea groups is 1. The Bertz CT molecular complexity index is 854. The molecule has 0 saturated carbocycles. The second-order valence-electron chi connectivity index (χ2n) is 6.39. The van der Waals surface area contributed by atoms with Gasteiger partial charge >= 0.3 is 16.3 Å². The number of benzene rings is 1. The number of halogens is 5. The van der Waals surface area contributed by atoms with E-state index in [1.165, 1.54) is 4.90 Å². The highest BCUT2D eigenvalue weighted by atomic mass is 32.5. The lowest BCUT2D eigenvalue weighted by atomic mass is 9.98. The maximum atomic E-state index is 12.7. The summed E-state index contributed by atoms with van der Waals surface area (Å²) in [5.74, 6) is 0.766. The minimum atomic E-state index is -9.73. The van der Waals surface area contributed by atoms with Crippen molar-refractivity contribution >= 4 is 21.9 Å². The predicted octanol–water partition coefficient (Wildman–Crippen LogP) is 5.45. The third-order valence-corrected chi connectivity index (χ3v) is 5.32. The summed E-state index contributed by atoms with van der Waals surface area (Å²) in [4.78, 5) is 16.0. The molecule has 12 heteroatoms. The zero-order chi connectivity index (χ0) is 19.9. The normalized spacial score (nSPS) is 20.7. The Hall–Kier alpha value is -2.37. The van der Waals surface area contributed by atoms with Crippen LogP contribution in [0.4, 0.5) is 29.9 Å². The number of carbonyl (C=O) groups is 1. The number of hydrogen-bond donors (Lipinski definition) is 1. The molecule has 1 N–H and O–H groups in total. The van der Waals surface area contributed by atoms with E-state index in [0.29, 0.717) is 31.2 Å². The Kier molecular flexibility index (Phi) is 4.17. The monoisotopic (exact) mass is 412 g/mol. The zero-order valence-electron chi connectivity index (χ0n) is 14.2. The molecule has 6 nitrogen and oxygen atoms in total. The highest BCUT2D eigenvalue weighted by molar-refractivity contribution is 8.45. The quantitative estimate of drug-likeness (QED) is 0.681. The van der Waals surface area contributed by atoms with E-state index in [9.17, 15) is 24.2 Å². The van der Waals surface area contributed by atoms with Gasteiger partial charge in [-0.1, -0.05) is 24.6 Å². The van der Waals surface area contributed by atoms with Crippen molar-refractivity contribution in [3.8, 4) is 0 Å². The molecule has 150 valence electrons. The number of rotatable bonds is 3. The SMILES string of the molecule is Cc1noc([C@@H]2CCCN(C(=O)Nc3ccc(S(F)(F)(F)(F)F)cc3)C2)n1. The van der Waals surface area contributed by atoms with Crippen LogP contribution < -0.4 is 5.32 Å². The topological polar surface area (TPSA) is 71.3 Å². The molecule has 0 unspecified atom stereocenters. The van der Waals surface area contributed by atoms with Crippen LogP contribution in [0, 0.1) is 6.92 Å². The van der Waals surface area contributed by atoms with Gasteiger partial charge in [-0.15, -0.1) is 0 Å². The van der Waals surface area contributed by atoms with Gasteiger partial charge in [0, 0.05) is 18.8 Å². The van der Waals surface area contributed by atoms with Gasteiger partial charge in [0.15, 0.2) is 5.82 Å². The van der Waals surface area contributed by atoms with E-state index in [1.54, 1.807) is 6.92 Å². The number of anilines is 1. The zero-order valence-corrected chi connectivity index (χ0v) is 15.0. The number of piperidine rings is 1. The maximum absolute atomic E-state index is 12.7. The van der Waals surface area contributed by atoms with Crippen LogP contribution in [-0.2, 0) is 0 Å². The first kappa shape index (κ1) is 19.4. The first-order valence-corrected chi connectivity index (χ1v) is 9.97. The Morgan fingerprint density at radius 1 is 1.22 bits per heavy atom. The molecule has 2 aromatic rings. The predicted molar refractivity (Wildman–Crippen MR) is 89.4 cm³/mol.